The Hall–Kier alpha value is -1.59. The molecule has 0 aliphatic heterocycles. The molecular formula is C19H28ClN3O2. The van der Waals surface area contributed by atoms with Crippen LogP contribution >= 0.6 is 11.6 Å². The maximum absolute atomic E-state index is 12.7. The third-order valence-electron chi connectivity index (χ3n) is 5.01. The number of anilines is 1. The Kier molecular flexibility index (Phi) is 7.26. The molecule has 2 rings (SSSR count). The van der Waals surface area contributed by atoms with Crippen LogP contribution in [0.1, 0.15) is 39.0 Å². The Bertz CT molecular complexity index is 585. The van der Waals surface area contributed by atoms with Gasteiger partial charge in [-0.1, -0.05) is 30.9 Å². The zero-order valence-electron chi connectivity index (χ0n) is 15.3. The van der Waals surface area contributed by atoms with Crippen molar-refractivity contribution in [3.05, 3.63) is 29.3 Å². The van der Waals surface area contributed by atoms with Gasteiger partial charge in [0.2, 0.25) is 11.8 Å². The predicted molar refractivity (Wildman–Crippen MR) is 102 cm³/mol. The smallest absolute Gasteiger partial charge is 0.239 e. The summed E-state index contributed by atoms with van der Waals surface area (Å²) in [5.74, 6) is -0.0708. The average molecular weight is 366 g/mol. The molecule has 0 aromatic heterocycles. The third kappa shape index (κ3) is 5.72. The first kappa shape index (κ1) is 19.7. The molecule has 6 heteroatoms. The van der Waals surface area contributed by atoms with Crippen LogP contribution in [0, 0.1) is 0 Å². The Morgan fingerprint density at radius 2 is 1.76 bits per heavy atom. The molecule has 1 N–H and O–H groups in total. The van der Waals surface area contributed by atoms with Crippen molar-refractivity contribution in [2.24, 2.45) is 0 Å². The van der Waals surface area contributed by atoms with Crippen LogP contribution in [-0.4, -0.2) is 54.3 Å². The molecule has 25 heavy (non-hydrogen) atoms. The van der Waals surface area contributed by atoms with Crippen LogP contribution in [0.3, 0.4) is 0 Å². The molecule has 1 aliphatic rings. The topological polar surface area (TPSA) is 52.7 Å². The molecule has 0 spiro atoms. The molecule has 0 heterocycles. The lowest BCUT2D eigenvalue weighted by Gasteiger charge is -2.35. The molecule has 2 amide bonds. The van der Waals surface area contributed by atoms with E-state index >= 15 is 0 Å². The monoisotopic (exact) mass is 365 g/mol. The van der Waals surface area contributed by atoms with Gasteiger partial charge in [0.25, 0.3) is 0 Å². The van der Waals surface area contributed by atoms with Crippen molar-refractivity contribution in [3.8, 4) is 0 Å². The fourth-order valence-electron chi connectivity index (χ4n) is 3.23. The predicted octanol–water partition coefficient (Wildman–Crippen LogP) is 3.39. The normalized spacial score (nSPS) is 16.5. The number of carbonyl (C=O) groups is 2. The van der Waals surface area contributed by atoms with Crippen LogP contribution in [0.5, 0.6) is 0 Å². The molecule has 1 aromatic carbocycles. The summed E-state index contributed by atoms with van der Waals surface area (Å²) < 4.78 is 0. The van der Waals surface area contributed by atoms with Gasteiger partial charge in [0.1, 0.15) is 0 Å². The maximum Gasteiger partial charge on any atom is 0.239 e. The van der Waals surface area contributed by atoms with E-state index in [9.17, 15) is 9.59 Å². The van der Waals surface area contributed by atoms with E-state index < -0.39 is 0 Å². The van der Waals surface area contributed by atoms with E-state index in [4.69, 9.17) is 11.6 Å². The molecule has 0 radical (unpaired) electrons. The zero-order chi connectivity index (χ0) is 18.4. The Labute approximate surface area is 155 Å². The Balaban J connectivity index is 1.85. The van der Waals surface area contributed by atoms with E-state index in [1.807, 2.05) is 18.9 Å². The van der Waals surface area contributed by atoms with E-state index in [1.165, 1.54) is 19.3 Å². The van der Waals surface area contributed by atoms with Gasteiger partial charge in [0, 0.05) is 23.8 Å². The number of likely N-dealkylation sites (N-methyl/N-ethyl adjacent to an activating group) is 2. The molecule has 1 aromatic rings. The number of rotatable bonds is 6. The Morgan fingerprint density at radius 1 is 1.16 bits per heavy atom. The van der Waals surface area contributed by atoms with E-state index in [0.717, 1.165) is 12.8 Å². The highest BCUT2D eigenvalue weighted by molar-refractivity contribution is 6.30. The van der Waals surface area contributed by atoms with Gasteiger partial charge in [-0.05, 0) is 51.1 Å². The lowest BCUT2D eigenvalue weighted by atomic mass is 9.94. The van der Waals surface area contributed by atoms with Gasteiger partial charge in [0.05, 0.1) is 12.6 Å². The van der Waals surface area contributed by atoms with Gasteiger partial charge in [0.15, 0.2) is 0 Å². The zero-order valence-corrected chi connectivity index (χ0v) is 16.1. The first-order valence-corrected chi connectivity index (χ1v) is 9.28. The average Bonchev–Trinajstić information content (AvgIpc) is 2.62. The fourth-order valence-corrected chi connectivity index (χ4v) is 3.35. The van der Waals surface area contributed by atoms with Gasteiger partial charge in [-0.2, -0.15) is 0 Å². The summed E-state index contributed by atoms with van der Waals surface area (Å²) in [5.41, 5.74) is 0.695. The minimum Gasteiger partial charge on any atom is -0.341 e. The molecule has 0 saturated heterocycles. The summed E-state index contributed by atoms with van der Waals surface area (Å²) in [6.45, 7) is 2.02. The van der Waals surface area contributed by atoms with Crippen LogP contribution in [0.4, 0.5) is 5.69 Å². The number of halogens is 1. The number of amides is 2. The molecule has 5 nitrogen and oxygen atoms in total. The van der Waals surface area contributed by atoms with Crippen LogP contribution in [0.25, 0.3) is 0 Å². The molecule has 1 unspecified atom stereocenters. The minimum absolute atomic E-state index is 0.0775. The number of nitrogens with zero attached hydrogens (tertiary/aromatic N) is 2. The highest BCUT2D eigenvalue weighted by Crippen LogP contribution is 2.22. The maximum atomic E-state index is 12.7. The molecule has 138 valence electrons. The highest BCUT2D eigenvalue weighted by Gasteiger charge is 2.28. The Morgan fingerprint density at radius 3 is 2.36 bits per heavy atom. The molecular weight excluding hydrogens is 338 g/mol. The number of hydrogen-bond donors (Lipinski definition) is 1. The van der Waals surface area contributed by atoms with Crippen molar-refractivity contribution < 1.29 is 9.59 Å². The van der Waals surface area contributed by atoms with Crippen molar-refractivity contribution in [2.75, 3.05) is 26.0 Å². The van der Waals surface area contributed by atoms with Crippen LogP contribution in [0.2, 0.25) is 5.02 Å². The SMILES string of the molecule is CC(C(=O)N(C)C1CCCCC1)N(C)CC(=O)Nc1ccc(Cl)cc1. The molecule has 1 saturated carbocycles. The lowest BCUT2D eigenvalue weighted by molar-refractivity contribution is -0.137. The first-order chi connectivity index (χ1) is 11.9. The molecule has 1 aliphatic carbocycles. The summed E-state index contributed by atoms with van der Waals surface area (Å²) >= 11 is 5.84. The second-order valence-corrected chi connectivity index (χ2v) is 7.32. The van der Waals surface area contributed by atoms with Gasteiger partial charge in [-0.15, -0.1) is 0 Å². The highest BCUT2D eigenvalue weighted by atomic mass is 35.5. The summed E-state index contributed by atoms with van der Waals surface area (Å²) in [4.78, 5) is 28.6. The summed E-state index contributed by atoms with van der Waals surface area (Å²) in [5, 5.41) is 3.45. The second-order valence-electron chi connectivity index (χ2n) is 6.89. The largest absolute Gasteiger partial charge is 0.341 e. The van der Waals surface area contributed by atoms with E-state index in [-0.39, 0.29) is 24.4 Å². The third-order valence-corrected chi connectivity index (χ3v) is 5.26. The number of carbonyl (C=O) groups excluding carboxylic acids is 2. The van der Waals surface area contributed by atoms with Crippen molar-refractivity contribution in [1.82, 2.24) is 9.80 Å². The number of hydrogen-bond acceptors (Lipinski definition) is 3. The van der Waals surface area contributed by atoms with Gasteiger partial charge in [-0.25, -0.2) is 0 Å². The number of nitrogens with one attached hydrogen (secondary N) is 1. The first-order valence-electron chi connectivity index (χ1n) is 8.91. The molecule has 0 bridgehead atoms. The number of benzene rings is 1. The van der Waals surface area contributed by atoms with Crippen LogP contribution in [0.15, 0.2) is 24.3 Å². The fraction of sp³-hybridized carbons (Fsp3) is 0.579. The van der Waals surface area contributed by atoms with Crippen LogP contribution in [-0.2, 0) is 9.59 Å². The van der Waals surface area contributed by atoms with Gasteiger partial charge in [-0.3, -0.25) is 14.5 Å². The molecule has 1 fully saturated rings. The van der Waals surface area contributed by atoms with E-state index in [1.54, 1.807) is 36.2 Å². The summed E-state index contributed by atoms with van der Waals surface area (Å²) in [6.07, 6.45) is 5.80. The standard InChI is InChI=1S/C19H28ClN3O2/c1-14(19(25)23(3)17-7-5-4-6-8-17)22(2)13-18(24)21-16-11-9-15(20)10-12-16/h9-12,14,17H,4-8,13H2,1-3H3,(H,21,24). The van der Waals surface area contributed by atoms with E-state index in [2.05, 4.69) is 5.32 Å². The second kappa shape index (κ2) is 9.20. The summed E-state index contributed by atoms with van der Waals surface area (Å²) in [6, 6.07) is 6.97. The van der Waals surface area contributed by atoms with Crippen molar-refractivity contribution in [3.63, 3.8) is 0 Å². The minimum atomic E-state index is -0.331. The quantitative estimate of drug-likeness (QED) is 0.840. The van der Waals surface area contributed by atoms with Crippen molar-refractivity contribution >= 4 is 29.1 Å². The van der Waals surface area contributed by atoms with E-state index in [0.29, 0.717) is 16.8 Å². The van der Waals surface area contributed by atoms with Crippen LogP contribution < -0.4 is 5.32 Å². The van der Waals surface area contributed by atoms with Crippen molar-refractivity contribution in [2.45, 2.75) is 51.1 Å². The summed E-state index contributed by atoms with van der Waals surface area (Å²) in [7, 11) is 3.69. The van der Waals surface area contributed by atoms with Crippen molar-refractivity contribution in [1.29, 1.82) is 0 Å². The van der Waals surface area contributed by atoms with Gasteiger partial charge >= 0.3 is 0 Å². The molecule has 1 atom stereocenters. The van der Waals surface area contributed by atoms with Gasteiger partial charge < -0.3 is 10.2 Å². The lowest BCUT2D eigenvalue weighted by Crippen LogP contribution is -2.49.